The van der Waals surface area contributed by atoms with Gasteiger partial charge in [-0.15, -0.1) is 0 Å². The Morgan fingerprint density at radius 1 is 0.693 bits per heavy atom. The number of carbonyl (C=O) groups excluding carboxylic acids is 8. The molecule has 7 atom stereocenters. The van der Waals surface area contributed by atoms with Crippen LogP contribution in [0.25, 0.3) is 0 Å². The SMILES string of the molecule is CCCC[C@H](NC(=O)[C@H](CC(C)C)N(C)C(=O)[C@H](Cc1ccccc1)NC(=O)[C@@H](N)Cc1ccc(O)cc1)C(=O)N(C)[C@@H](CCCNC(=N)N)C(=O)N1CCC[C@H]1C(=O)N[C@@H](CCCNC(=N)N)C(=O)NCC(N)=O. The van der Waals surface area contributed by atoms with Gasteiger partial charge in [0.05, 0.1) is 12.6 Å². The number of amides is 8. The molecule has 75 heavy (non-hydrogen) atoms. The van der Waals surface area contributed by atoms with Crippen LogP contribution >= 0.6 is 0 Å². The molecule has 1 saturated heterocycles. The average Bonchev–Trinajstić information content (AvgIpc) is 3.87. The number of unbranched alkanes of at least 4 members (excludes halogenated alkanes) is 1. The maximum Gasteiger partial charge on any atom is 0.246 e. The lowest BCUT2D eigenvalue weighted by atomic mass is 9.98. The normalized spacial score (nSPS) is 15.5. The molecule has 1 aliphatic rings. The number of primary amides is 1. The first-order chi connectivity index (χ1) is 35.5. The molecule has 0 radical (unpaired) electrons. The summed E-state index contributed by atoms with van der Waals surface area (Å²) in [6, 6.07) is 7.43. The Kier molecular flexibility index (Phi) is 25.8. The number of hydrogen-bond acceptors (Lipinski definition) is 12. The van der Waals surface area contributed by atoms with E-state index >= 15 is 0 Å². The van der Waals surface area contributed by atoms with Gasteiger partial charge in [-0.05, 0) is 87.0 Å². The van der Waals surface area contributed by atoms with Crippen molar-refractivity contribution in [2.45, 2.75) is 140 Å². The van der Waals surface area contributed by atoms with Gasteiger partial charge in [0.2, 0.25) is 47.3 Å². The van der Waals surface area contributed by atoms with E-state index in [1.54, 1.807) is 24.3 Å². The fraction of sp³-hybridized carbons (Fsp3) is 0.569. The molecule has 0 unspecified atom stereocenters. The van der Waals surface area contributed by atoms with Crippen LogP contribution in [-0.4, -0.2) is 162 Å². The predicted octanol–water partition coefficient (Wildman–Crippen LogP) is -1.03. The molecule has 1 fully saturated rings. The van der Waals surface area contributed by atoms with Crippen LogP contribution in [0, 0.1) is 16.7 Å². The molecule has 1 heterocycles. The molecular formula is C51H81N15O9. The first-order valence-electron chi connectivity index (χ1n) is 25.6. The number of nitrogens with two attached hydrogens (primary N) is 4. The smallest absolute Gasteiger partial charge is 0.246 e. The Morgan fingerprint density at radius 3 is 1.84 bits per heavy atom. The molecular weight excluding hydrogens is 967 g/mol. The third-order valence-electron chi connectivity index (χ3n) is 12.9. The lowest BCUT2D eigenvalue weighted by Gasteiger charge is -2.36. The molecule has 0 aliphatic carbocycles. The van der Waals surface area contributed by atoms with Gasteiger partial charge >= 0.3 is 0 Å². The first kappa shape index (κ1) is 61.8. The Labute approximate surface area is 439 Å². The maximum absolute atomic E-state index is 14.8. The van der Waals surface area contributed by atoms with E-state index in [1.165, 1.54) is 40.9 Å². The van der Waals surface area contributed by atoms with Crippen LogP contribution in [0.2, 0.25) is 0 Å². The second-order valence-electron chi connectivity index (χ2n) is 19.4. The fourth-order valence-electron chi connectivity index (χ4n) is 8.79. The number of carbonyl (C=O) groups is 8. The van der Waals surface area contributed by atoms with Gasteiger partial charge in [0.1, 0.15) is 42.0 Å². The van der Waals surface area contributed by atoms with Crippen LogP contribution in [0.5, 0.6) is 5.75 Å². The Hall–Kier alpha value is -7.50. The van der Waals surface area contributed by atoms with Crippen LogP contribution in [0.3, 0.4) is 0 Å². The highest BCUT2D eigenvalue weighted by molar-refractivity contribution is 5.98. The van der Waals surface area contributed by atoms with Crippen LogP contribution in [0.1, 0.15) is 96.1 Å². The van der Waals surface area contributed by atoms with E-state index in [2.05, 4.69) is 31.9 Å². The van der Waals surface area contributed by atoms with Crippen molar-refractivity contribution in [1.82, 2.24) is 46.6 Å². The van der Waals surface area contributed by atoms with Gasteiger partial charge in [-0.25, -0.2) is 0 Å². The first-order valence-corrected chi connectivity index (χ1v) is 25.6. The number of likely N-dealkylation sites (N-methyl/N-ethyl adjacent to an activating group) is 2. The minimum Gasteiger partial charge on any atom is -0.508 e. The maximum atomic E-state index is 14.8. The monoisotopic (exact) mass is 1050 g/mol. The largest absolute Gasteiger partial charge is 0.508 e. The molecule has 0 saturated carbocycles. The molecule has 1 aliphatic heterocycles. The van der Waals surface area contributed by atoms with Gasteiger partial charge in [0.25, 0.3) is 0 Å². The zero-order valence-electron chi connectivity index (χ0n) is 44.0. The third kappa shape index (κ3) is 20.7. The van der Waals surface area contributed by atoms with Crippen molar-refractivity contribution in [3.05, 3.63) is 65.7 Å². The fourth-order valence-corrected chi connectivity index (χ4v) is 8.79. The van der Waals surface area contributed by atoms with Gasteiger partial charge in [0, 0.05) is 40.2 Å². The molecule has 414 valence electrons. The molecule has 0 aromatic heterocycles. The van der Waals surface area contributed by atoms with Gasteiger partial charge in [-0.2, -0.15) is 0 Å². The molecule has 2 aromatic carbocycles. The Balaban J connectivity index is 1.93. The molecule has 17 N–H and O–H groups in total. The molecule has 3 rings (SSSR count). The Morgan fingerprint density at radius 2 is 1.25 bits per heavy atom. The van der Waals surface area contributed by atoms with Crippen LogP contribution in [0.4, 0.5) is 0 Å². The quantitative estimate of drug-likeness (QED) is 0.0244. The van der Waals surface area contributed by atoms with E-state index in [1.807, 2.05) is 39.0 Å². The van der Waals surface area contributed by atoms with Crippen LogP contribution in [0.15, 0.2) is 54.6 Å². The number of nitrogens with one attached hydrogen (secondary N) is 8. The molecule has 24 nitrogen and oxygen atoms in total. The van der Waals surface area contributed by atoms with Crippen LogP contribution < -0.4 is 54.8 Å². The summed E-state index contributed by atoms with van der Waals surface area (Å²) in [7, 11) is 2.91. The van der Waals surface area contributed by atoms with Crippen molar-refractivity contribution in [3.63, 3.8) is 0 Å². The highest BCUT2D eigenvalue weighted by Gasteiger charge is 2.42. The number of phenols is 1. The number of nitrogens with zero attached hydrogens (tertiary/aromatic N) is 3. The highest BCUT2D eigenvalue weighted by Crippen LogP contribution is 2.23. The number of phenolic OH excluding ortho intramolecular Hbond substituents is 1. The van der Waals surface area contributed by atoms with E-state index in [-0.39, 0.29) is 101 Å². The second kappa shape index (κ2) is 31.3. The van der Waals surface area contributed by atoms with E-state index < -0.39 is 96.1 Å². The summed E-state index contributed by atoms with van der Waals surface area (Å²) in [5.41, 5.74) is 23.9. The molecule has 2 aromatic rings. The summed E-state index contributed by atoms with van der Waals surface area (Å²) < 4.78 is 0. The number of likely N-dealkylation sites (tertiary alicyclic amines) is 1. The van der Waals surface area contributed by atoms with Crippen molar-refractivity contribution >= 4 is 59.2 Å². The highest BCUT2D eigenvalue weighted by atomic mass is 16.3. The van der Waals surface area contributed by atoms with Gasteiger partial charge in [-0.1, -0.05) is 76.1 Å². The predicted molar refractivity (Wildman–Crippen MR) is 283 cm³/mol. The van der Waals surface area contributed by atoms with Gasteiger partial charge in [0.15, 0.2) is 11.9 Å². The van der Waals surface area contributed by atoms with Crippen molar-refractivity contribution < 1.29 is 43.5 Å². The van der Waals surface area contributed by atoms with Crippen molar-refractivity contribution in [2.24, 2.45) is 28.9 Å². The minimum atomic E-state index is -1.17. The van der Waals surface area contributed by atoms with E-state index in [0.29, 0.717) is 24.8 Å². The summed E-state index contributed by atoms with van der Waals surface area (Å²) in [6.07, 6.45) is 3.02. The van der Waals surface area contributed by atoms with Crippen LogP contribution in [-0.2, 0) is 51.2 Å². The topological polar surface area (TPSA) is 390 Å². The van der Waals surface area contributed by atoms with Crippen molar-refractivity contribution in [3.8, 4) is 5.75 Å². The van der Waals surface area contributed by atoms with Gasteiger partial charge < -0.3 is 74.6 Å². The summed E-state index contributed by atoms with van der Waals surface area (Å²) in [5.74, 6) is -5.75. The van der Waals surface area contributed by atoms with E-state index in [0.717, 1.165) is 5.56 Å². The summed E-state index contributed by atoms with van der Waals surface area (Å²) in [5, 5.41) is 41.0. The van der Waals surface area contributed by atoms with Crippen molar-refractivity contribution in [2.75, 3.05) is 40.3 Å². The lowest BCUT2D eigenvalue weighted by Crippen LogP contribution is -2.60. The lowest BCUT2D eigenvalue weighted by molar-refractivity contribution is -0.149. The number of rotatable bonds is 31. The number of benzene rings is 2. The second-order valence-corrected chi connectivity index (χ2v) is 19.4. The van der Waals surface area contributed by atoms with E-state index in [4.69, 9.17) is 33.8 Å². The molecule has 0 bridgehead atoms. The standard InChI is InChI=1S/C51H81N15O9/c1-6-7-16-37(62-46(72)41(27-31(2)3)65(5)48(74)38(29-32-14-9-8-10-15-32)63-43(69)35(52)28-33-20-22-34(67)23-21-33)47(73)64(4)40(18-12-25-59-51(56)57)49(75)66-26-13-19-39(66)45(71)61-36(17-11-24-58-50(54)55)44(70)60-30-42(53)68/h8-10,14-15,20-23,31,35-41,67H,6-7,11-13,16-19,24-30,52H2,1-5H3,(H2,53,68)(H,60,70)(H,61,71)(H,62,72)(H,63,69)(H4,54,55,58)(H4,56,57,59)/t35-,36-,37-,38-,39-,40-,41-/m0/s1. The summed E-state index contributed by atoms with van der Waals surface area (Å²) in [4.78, 5) is 115. The minimum absolute atomic E-state index is 0.0558. The molecule has 0 spiro atoms. The third-order valence-corrected chi connectivity index (χ3v) is 12.9. The average molecular weight is 1050 g/mol. The number of aromatic hydroxyl groups is 1. The number of hydrogen-bond donors (Lipinski definition) is 13. The zero-order valence-corrected chi connectivity index (χ0v) is 44.0. The summed E-state index contributed by atoms with van der Waals surface area (Å²) >= 11 is 0. The molecule has 24 heteroatoms. The van der Waals surface area contributed by atoms with Crippen molar-refractivity contribution in [1.29, 1.82) is 10.8 Å². The molecule has 8 amide bonds. The Bertz CT molecular complexity index is 2250. The zero-order chi connectivity index (χ0) is 55.8. The summed E-state index contributed by atoms with van der Waals surface area (Å²) in [6.45, 7) is 5.73. The number of guanidine groups is 2. The van der Waals surface area contributed by atoms with E-state index in [9.17, 15) is 43.5 Å². The van der Waals surface area contributed by atoms with Gasteiger partial charge in [-0.3, -0.25) is 49.2 Å².